The molecule has 114 valence electrons. The molecular formula is C17H23NO3. The molecule has 1 fully saturated rings. The third kappa shape index (κ3) is 4.88. The van der Waals surface area contributed by atoms with Crippen molar-refractivity contribution < 1.29 is 14.3 Å². The Morgan fingerprint density at radius 1 is 1.14 bits per heavy atom. The minimum absolute atomic E-state index is 0.0193. The molecule has 1 amide bonds. The van der Waals surface area contributed by atoms with Gasteiger partial charge in [0.2, 0.25) is 0 Å². The lowest BCUT2D eigenvalue weighted by Gasteiger charge is -2.26. The highest BCUT2D eigenvalue weighted by molar-refractivity contribution is 5.94. The summed E-state index contributed by atoms with van der Waals surface area (Å²) in [6.07, 6.45) is 4.47. The Morgan fingerprint density at radius 3 is 2.33 bits per heavy atom. The average molecular weight is 289 g/mol. The van der Waals surface area contributed by atoms with E-state index in [0.717, 1.165) is 18.8 Å². The zero-order chi connectivity index (χ0) is 15.2. The molecule has 0 saturated heterocycles. The Morgan fingerprint density at radius 2 is 1.76 bits per heavy atom. The van der Waals surface area contributed by atoms with Gasteiger partial charge in [-0.1, -0.05) is 6.92 Å². The standard InChI is InChI=1S/C17H23NO3/c1-12-3-7-15(8-4-12)18-17(20)11-21-16-9-5-14(6-10-16)13(2)19/h5-6,9-10,12,15H,3-4,7-8,11H2,1-2H3,(H,18,20). The third-order valence-electron chi connectivity index (χ3n) is 4.01. The van der Waals surface area contributed by atoms with Gasteiger partial charge < -0.3 is 10.1 Å². The maximum Gasteiger partial charge on any atom is 0.258 e. The first-order chi connectivity index (χ1) is 10.0. The van der Waals surface area contributed by atoms with Gasteiger partial charge in [0, 0.05) is 11.6 Å². The predicted molar refractivity (Wildman–Crippen MR) is 81.5 cm³/mol. The molecule has 0 bridgehead atoms. The SMILES string of the molecule is CC(=O)c1ccc(OCC(=O)NC2CCC(C)CC2)cc1. The summed E-state index contributed by atoms with van der Waals surface area (Å²) in [5.41, 5.74) is 0.642. The van der Waals surface area contributed by atoms with Gasteiger partial charge in [-0.25, -0.2) is 0 Å². The van der Waals surface area contributed by atoms with Crippen LogP contribution in [0.15, 0.2) is 24.3 Å². The molecule has 0 unspecified atom stereocenters. The number of hydrogen-bond acceptors (Lipinski definition) is 3. The van der Waals surface area contributed by atoms with E-state index in [1.165, 1.54) is 19.8 Å². The molecule has 0 heterocycles. The Kier molecular flexibility index (Phi) is 5.37. The number of rotatable bonds is 5. The maximum absolute atomic E-state index is 11.9. The van der Waals surface area contributed by atoms with Crippen molar-refractivity contribution in [3.63, 3.8) is 0 Å². The van der Waals surface area contributed by atoms with Gasteiger partial charge in [0.25, 0.3) is 5.91 Å². The van der Waals surface area contributed by atoms with Crippen LogP contribution in [0.25, 0.3) is 0 Å². The van der Waals surface area contributed by atoms with E-state index < -0.39 is 0 Å². The van der Waals surface area contributed by atoms with E-state index in [-0.39, 0.29) is 24.3 Å². The lowest BCUT2D eigenvalue weighted by Crippen LogP contribution is -2.39. The van der Waals surface area contributed by atoms with Crippen molar-refractivity contribution in [1.82, 2.24) is 5.32 Å². The number of benzene rings is 1. The van der Waals surface area contributed by atoms with Crippen LogP contribution in [0.5, 0.6) is 5.75 Å². The first-order valence-corrected chi connectivity index (χ1v) is 7.57. The molecule has 0 radical (unpaired) electrons. The van der Waals surface area contributed by atoms with E-state index in [1.807, 2.05) is 0 Å². The highest BCUT2D eigenvalue weighted by atomic mass is 16.5. The van der Waals surface area contributed by atoms with E-state index in [9.17, 15) is 9.59 Å². The van der Waals surface area contributed by atoms with Crippen LogP contribution in [-0.4, -0.2) is 24.3 Å². The first kappa shape index (κ1) is 15.5. The summed E-state index contributed by atoms with van der Waals surface area (Å²) in [4.78, 5) is 23.0. The monoisotopic (exact) mass is 289 g/mol. The number of ether oxygens (including phenoxy) is 1. The molecule has 0 aromatic heterocycles. The second kappa shape index (κ2) is 7.25. The molecule has 2 rings (SSSR count). The van der Waals surface area contributed by atoms with Gasteiger partial charge in [-0.3, -0.25) is 9.59 Å². The zero-order valence-corrected chi connectivity index (χ0v) is 12.7. The van der Waals surface area contributed by atoms with Gasteiger partial charge in [0.1, 0.15) is 5.75 Å². The molecule has 1 aliphatic carbocycles. The highest BCUT2D eigenvalue weighted by Crippen LogP contribution is 2.23. The molecule has 4 heteroatoms. The fraction of sp³-hybridized carbons (Fsp3) is 0.529. The topological polar surface area (TPSA) is 55.4 Å². The molecule has 1 aromatic carbocycles. The highest BCUT2D eigenvalue weighted by Gasteiger charge is 2.19. The molecule has 0 aliphatic heterocycles. The zero-order valence-electron chi connectivity index (χ0n) is 12.7. The van der Waals surface area contributed by atoms with Gasteiger partial charge >= 0.3 is 0 Å². The fourth-order valence-electron chi connectivity index (χ4n) is 2.61. The predicted octanol–water partition coefficient (Wildman–Crippen LogP) is 2.96. The van der Waals surface area contributed by atoms with Crippen LogP contribution < -0.4 is 10.1 Å². The van der Waals surface area contributed by atoms with Gasteiger partial charge in [-0.15, -0.1) is 0 Å². The molecule has 4 nitrogen and oxygen atoms in total. The molecule has 0 atom stereocenters. The van der Waals surface area contributed by atoms with Crippen molar-refractivity contribution >= 4 is 11.7 Å². The van der Waals surface area contributed by atoms with Gasteiger partial charge in [-0.2, -0.15) is 0 Å². The first-order valence-electron chi connectivity index (χ1n) is 7.57. The van der Waals surface area contributed by atoms with Crippen molar-refractivity contribution in [2.75, 3.05) is 6.61 Å². The van der Waals surface area contributed by atoms with Crippen molar-refractivity contribution in [3.8, 4) is 5.75 Å². The van der Waals surface area contributed by atoms with Gasteiger partial charge in [0.15, 0.2) is 12.4 Å². The summed E-state index contributed by atoms with van der Waals surface area (Å²) in [7, 11) is 0. The number of Topliss-reactive ketones (excluding diaryl/α,β-unsaturated/α-hetero) is 1. The molecular weight excluding hydrogens is 266 g/mol. The van der Waals surface area contributed by atoms with E-state index in [1.54, 1.807) is 24.3 Å². The van der Waals surface area contributed by atoms with E-state index in [0.29, 0.717) is 11.3 Å². The third-order valence-corrected chi connectivity index (χ3v) is 4.01. The largest absolute Gasteiger partial charge is 0.484 e. The molecule has 21 heavy (non-hydrogen) atoms. The minimum Gasteiger partial charge on any atom is -0.484 e. The summed E-state index contributed by atoms with van der Waals surface area (Å²) in [5, 5.41) is 3.02. The lowest BCUT2D eigenvalue weighted by atomic mass is 9.87. The fourth-order valence-corrected chi connectivity index (χ4v) is 2.61. The van der Waals surface area contributed by atoms with Crippen LogP contribution in [-0.2, 0) is 4.79 Å². The smallest absolute Gasteiger partial charge is 0.258 e. The summed E-state index contributed by atoms with van der Waals surface area (Å²) >= 11 is 0. The van der Waals surface area contributed by atoms with Crippen molar-refractivity contribution in [2.24, 2.45) is 5.92 Å². The van der Waals surface area contributed by atoms with Crippen LogP contribution in [0.2, 0.25) is 0 Å². The Labute approximate surface area is 125 Å². The van der Waals surface area contributed by atoms with Gasteiger partial charge in [-0.05, 0) is 62.8 Å². The van der Waals surface area contributed by atoms with Crippen LogP contribution in [0, 0.1) is 5.92 Å². The Hall–Kier alpha value is -1.84. The normalized spacial score (nSPS) is 21.6. The second-order valence-corrected chi connectivity index (χ2v) is 5.89. The second-order valence-electron chi connectivity index (χ2n) is 5.89. The van der Waals surface area contributed by atoms with Crippen LogP contribution in [0.3, 0.4) is 0 Å². The van der Waals surface area contributed by atoms with Crippen LogP contribution >= 0.6 is 0 Å². The van der Waals surface area contributed by atoms with Crippen molar-refractivity contribution in [3.05, 3.63) is 29.8 Å². The number of hydrogen-bond donors (Lipinski definition) is 1. The van der Waals surface area contributed by atoms with E-state index in [4.69, 9.17) is 4.74 Å². The van der Waals surface area contributed by atoms with E-state index >= 15 is 0 Å². The Bertz CT molecular complexity index is 487. The quantitative estimate of drug-likeness (QED) is 0.848. The average Bonchev–Trinajstić information content (AvgIpc) is 2.48. The summed E-state index contributed by atoms with van der Waals surface area (Å²) in [6.45, 7) is 3.80. The summed E-state index contributed by atoms with van der Waals surface area (Å²) in [6, 6.07) is 7.13. The van der Waals surface area contributed by atoms with Crippen molar-refractivity contribution in [2.45, 2.75) is 45.6 Å². The molecule has 1 aromatic rings. The molecule has 1 saturated carbocycles. The van der Waals surface area contributed by atoms with Crippen LogP contribution in [0.4, 0.5) is 0 Å². The number of nitrogens with one attached hydrogen (secondary N) is 1. The molecule has 0 spiro atoms. The van der Waals surface area contributed by atoms with Crippen molar-refractivity contribution in [1.29, 1.82) is 0 Å². The number of amides is 1. The summed E-state index contributed by atoms with van der Waals surface area (Å²) < 4.78 is 5.44. The lowest BCUT2D eigenvalue weighted by molar-refractivity contribution is -0.124. The maximum atomic E-state index is 11.9. The number of ketones is 1. The Balaban J connectivity index is 1.74. The minimum atomic E-state index is -0.0785. The van der Waals surface area contributed by atoms with Crippen LogP contribution in [0.1, 0.15) is 49.9 Å². The number of carbonyl (C=O) groups excluding carboxylic acids is 2. The van der Waals surface area contributed by atoms with Gasteiger partial charge in [0.05, 0.1) is 0 Å². The summed E-state index contributed by atoms with van der Waals surface area (Å²) in [5.74, 6) is 1.32. The molecule has 1 aliphatic rings. The number of carbonyl (C=O) groups is 2. The molecule has 1 N–H and O–H groups in total. The van der Waals surface area contributed by atoms with E-state index in [2.05, 4.69) is 12.2 Å².